The molecular weight excluding hydrogens is 460 g/mol. The lowest BCUT2D eigenvalue weighted by Gasteiger charge is -2.30. The van der Waals surface area contributed by atoms with E-state index >= 15 is 0 Å². The molecule has 0 radical (unpaired) electrons. The number of hydrogen-bond acceptors (Lipinski definition) is 6. The maximum Gasteiger partial charge on any atom is 0.410 e. The summed E-state index contributed by atoms with van der Waals surface area (Å²) in [6, 6.07) is 8.56. The smallest absolute Gasteiger partial charge is 0.410 e. The van der Waals surface area contributed by atoms with E-state index in [-0.39, 0.29) is 24.9 Å². The minimum Gasteiger partial charge on any atom is -0.490 e. The van der Waals surface area contributed by atoms with Gasteiger partial charge in [-0.1, -0.05) is 12.8 Å². The number of carbonyl (C=O) groups is 1. The van der Waals surface area contributed by atoms with Gasteiger partial charge < -0.3 is 19.1 Å². The van der Waals surface area contributed by atoms with Crippen LogP contribution in [-0.2, 0) is 16.1 Å². The fourth-order valence-electron chi connectivity index (χ4n) is 5.17. The van der Waals surface area contributed by atoms with Crippen molar-refractivity contribution in [3.63, 3.8) is 0 Å². The first kappa shape index (κ1) is 26.0. The maximum atomic E-state index is 12.5. The van der Waals surface area contributed by atoms with Crippen molar-refractivity contribution in [3.8, 4) is 16.2 Å². The molecule has 2 saturated carbocycles. The van der Waals surface area contributed by atoms with Crippen LogP contribution in [0.1, 0.15) is 75.9 Å². The number of aryl methyl sites for hydroxylation is 1. The Hall–Kier alpha value is -2.12. The highest BCUT2D eigenvalue weighted by Crippen LogP contribution is 2.34. The molecule has 0 bridgehead atoms. The molecule has 2 atom stereocenters. The predicted octanol–water partition coefficient (Wildman–Crippen LogP) is 6.99. The largest absolute Gasteiger partial charge is 0.490 e. The molecule has 4 rings (SSSR count). The molecule has 2 aliphatic rings. The molecule has 7 heteroatoms. The highest BCUT2D eigenvalue weighted by Gasteiger charge is 2.26. The van der Waals surface area contributed by atoms with Gasteiger partial charge in [-0.3, -0.25) is 0 Å². The van der Waals surface area contributed by atoms with E-state index in [2.05, 4.69) is 31.0 Å². The van der Waals surface area contributed by atoms with Crippen molar-refractivity contribution < 1.29 is 19.0 Å². The second-order valence-electron chi connectivity index (χ2n) is 10.3. The molecule has 2 aliphatic carbocycles. The highest BCUT2D eigenvalue weighted by molar-refractivity contribution is 7.15. The van der Waals surface area contributed by atoms with Gasteiger partial charge >= 0.3 is 6.09 Å². The monoisotopic (exact) mass is 500 g/mol. The van der Waals surface area contributed by atoms with Gasteiger partial charge in [0.1, 0.15) is 12.4 Å². The second-order valence-corrected chi connectivity index (χ2v) is 11.5. The lowest BCUT2D eigenvalue weighted by atomic mass is 9.87. The van der Waals surface area contributed by atoms with E-state index in [1.807, 2.05) is 26.1 Å². The van der Waals surface area contributed by atoms with Crippen LogP contribution < -0.4 is 4.74 Å². The van der Waals surface area contributed by atoms with Crippen LogP contribution in [0, 0.1) is 12.8 Å². The molecule has 1 heterocycles. The van der Waals surface area contributed by atoms with Gasteiger partial charge in [0, 0.05) is 19.7 Å². The summed E-state index contributed by atoms with van der Waals surface area (Å²) in [6.45, 7) is 7.19. The van der Waals surface area contributed by atoms with E-state index < -0.39 is 0 Å². The molecular formula is C28H40N2O4S. The fraction of sp³-hybridized carbons (Fsp3) is 0.643. The number of ether oxygens (including phenoxy) is 3. The molecule has 2 fully saturated rings. The molecule has 0 unspecified atom stereocenters. The van der Waals surface area contributed by atoms with E-state index in [4.69, 9.17) is 14.2 Å². The third-order valence-corrected chi connectivity index (χ3v) is 8.18. The number of amides is 1. The summed E-state index contributed by atoms with van der Waals surface area (Å²) in [4.78, 5) is 20.0. The fourth-order valence-corrected chi connectivity index (χ4v) is 6.10. The Morgan fingerprint density at radius 2 is 1.86 bits per heavy atom. The number of carbonyl (C=O) groups excluding carboxylic acids is 1. The van der Waals surface area contributed by atoms with Crippen molar-refractivity contribution in [2.75, 3.05) is 13.7 Å². The topological polar surface area (TPSA) is 60.9 Å². The van der Waals surface area contributed by atoms with Crippen molar-refractivity contribution in [3.05, 3.63) is 35.0 Å². The summed E-state index contributed by atoms with van der Waals surface area (Å²) in [5.74, 6) is 1.48. The van der Waals surface area contributed by atoms with Crippen molar-refractivity contribution in [1.82, 2.24) is 9.88 Å². The zero-order valence-electron chi connectivity index (χ0n) is 21.6. The summed E-state index contributed by atoms with van der Waals surface area (Å²) in [5, 5.41) is 0.965. The molecule has 1 amide bonds. The highest BCUT2D eigenvalue weighted by atomic mass is 32.1. The Labute approximate surface area is 214 Å². The van der Waals surface area contributed by atoms with E-state index in [9.17, 15) is 4.79 Å². The first-order valence-corrected chi connectivity index (χ1v) is 13.9. The molecule has 1 aromatic heterocycles. The van der Waals surface area contributed by atoms with Gasteiger partial charge in [-0.05, 0) is 95.0 Å². The molecule has 0 aliphatic heterocycles. The van der Waals surface area contributed by atoms with E-state index in [1.54, 1.807) is 16.2 Å². The van der Waals surface area contributed by atoms with Gasteiger partial charge in [0.25, 0.3) is 0 Å². The average Bonchev–Trinajstić information content (AvgIpc) is 3.51. The zero-order chi connectivity index (χ0) is 24.8. The maximum absolute atomic E-state index is 12.5. The normalized spacial score (nSPS) is 20.8. The zero-order valence-corrected chi connectivity index (χ0v) is 22.4. The SMILES string of the molecule is Cc1nc(COC(=O)N(C)C2CCCC2)c(-c2ccc(O[C@H]3CCC[C@H](COC(C)C)C3)cc2)s1. The van der Waals surface area contributed by atoms with Crippen LogP contribution in [0.3, 0.4) is 0 Å². The van der Waals surface area contributed by atoms with Gasteiger partial charge in [-0.2, -0.15) is 0 Å². The van der Waals surface area contributed by atoms with Crippen LogP contribution in [0.4, 0.5) is 4.79 Å². The summed E-state index contributed by atoms with van der Waals surface area (Å²) in [6.07, 6.45) is 9.31. The standard InChI is InChI=1S/C28H40N2O4S/c1-19(2)32-17-21-8-7-11-25(16-21)34-24-14-12-22(13-15-24)27-26(29-20(3)35-27)18-33-28(31)30(4)23-9-5-6-10-23/h12-15,19,21,23,25H,5-11,16-18H2,1-4H3/t21-,25-/m0/s1. The van der Waals surface area contributed by atoms with Gasteiger partial charge in [-0.25, -0.2) is 9.78 Å². The Morgan fingerprint density at radius 1 is 1.11 bits per heavy atom. The molecule has 0 spiro atoms. The van der Waals surface area contributed by atoms with Crippen molar-refractivity contribution in [2.24, 2.45) is 5.92 Å². The van der Waals surface area contributed by atoms with E-state index in [0.717, 1.165) is 59.2 Å². The number of benzene rings is 1. The second kappa shape index (κ2) is 12.2. The third kappa shape index (κ3) is 7.20. The van der Waals surface area contributed by atoms with Crippen LogP contribution in [0.5, 0.6) is 5.75 Å². The van der Waals surface area contributed by atoms with Crippen LogP contribution in [0.2, 0.25) is 0 Å². The van der Waals surface area contributed by atoms with E-state index in [0.29, 0.717) is 12.0 Å². The summed E-state index contributed by atoms with van der Waals surface area (Å²) in [7, 11) is 1.84. The summed E-state index contributed by atoms with van der Waals surface area (Å²) in [5.41, 5.74) is 1.89. The van der Waals surface area contributed by atoms with Crippen LogP contribution in [0.25, 0.3) is 10.4 Å². The minimum atomic E-state index is -0.262. The van der Waals surface area contributed by atoms with E-state index in [1.165, 1.54) is 25.7 Å². The van der Waals surface area contributed by atoms with Gasteiger partial charge in [-0.15, -0.1) is 11.3 Å². The molecule has 2 aromatic rings. The Morgan fingerprint density at radius 3 is 2.57 bits per heavy atom. The number of thiazole rings is 1. The summed E-state index contributed by atoms with van der Waals surface area (Å²) >= 11 is 1.63. The van der Waals surface area contributed by atoms with Crippen molar-refractivity contribution in [1.29, 1.82) is 0 Å². The first-order chi connectivity index (χ1) is 16.9. The Bertz CT molecular complexity index is 952. The first-order valence-electron chi connectivity index (χ1n) is 13.1. The number of hydrogen-bond donors (Lipinski definition) is 0. The minimum absolute atomic E-state index is 0.190. The molecule has 192 valence electrons. The average molecular weight is 501 g/mol. The van der Waals surface area contributed by atoms with Crippen LogP contribution in [-0.4, -0.2) is 47.9 Å². The Balaban J connectivity index is 1.34. The molecule has 6 nitrogen and oxygen atoms in total. The van der Waals surface area contributed by atoms with Gasteiger partial charge in [0.2, 0.25) is 0 Å². The lowest BCUT2D eigenvalue weighted by molar-refractivity contribution is 0.0207. The van der Waals surface area contributed by atoms with Gasteiger partial charge in [0.15, 0.2) is 0 Å². The van der Waals surface area contributed by atoms with Crippen LogP contribution >= 0.6 is 11.3 Å². The summed E-state index contributed by atoms with van der Waals surface area (Å²) < 4.78 is 17.8. The molecule has 0 saturated heterocycles. The molecule has 35 heavy (non-hydrogen) atoms. The number of aromatic nitrogens is 1. The van der Waals surface area contributed by atoms with Gasteiger partial charge in [0.05, 0.1) is 27.8 Å². The molecule has 1 aromatic carbocycles. The lowest BCUT2D eigenvalue weighted by Crippen LogP contribution is -2.35. The van der Waals surface area contributed by atoms with Crippen molar-refractivity contribution in [2.45, 2.75) is 97.0 Å². The number of nitrogens with zero attached hydrogens (tertiary/aromatic N) is 2. The number of rotatable bonds is 9. The molecule has 0 N–H and O–H groups in total. The van der Waals surface area contributed by atoms with Crippen LogP contribution in [0.15, 0.2) is 24.3 Å². The third-order valence-electron chi connectivity index (χ3n) is 7.12. The van der Waals surface area contributed by atoms with Crippen molar-refractivity contribution >= 4 is 17.4 Å². The quantitative estimate of drug-likeness (QED) is 0.371. The predicted molar refractivity (Wildman–Crippen MR) is 140 cm³/mol. The Kier molecular flexibility index (Phi) is 9.06.